The van der Waals surface area contributed by atoms with E-state index < -0.39 is 0 Å². The summed E-state index contributed by atoms with van der Waals surface area (Å²) in [5.41, 5.74) is 4.22. The minimum Gasteiger partial charge on any atom is -0.385 e. The van der Waals surface area contributed by atoms with Crippen molar-refractivity contribution in [2.45, 2.75) is 32.2 Å². The molecule has 2 nitrogen and oxygen atoms in total. The van der Waals surface area contributed by atoms with Crippen LogP contribution in [0.25, 0.3) is 0 Å². The summed E-state index contributed by atoms with van der Waals surface area (Å²) in [6.45, 7) is 4.74. The van der Waals surface area contributed by atoms with Crippen molar-refractivity contribution in [3.8, 4) is 0 Å². The highest BCUT2D eigenvalue weighted by Gasteiger charge is 2.27. The second-order valence-electron chi connectivity index (χ2n) is 7.36. The molecule has 0 spiro atoms. The van der Waals surface area contributed by atoms with E-state index in [2.05, 4.69) is 58.7 Å². The first-order valence-electron chi connectivity index (χ1n) is 9.37. The van der Waals surface area contributed by atoms with Crippen molar-refractivity contribution < 1.29 is 0 Å². The normalized spacial score (nSPS) is 22.4. The Balaban J connectivity index is 1.30. The number of hydrogen-bond acceptors (Lipinski definition) is 2. The summed E-state index contributed by atoms with van der Waals surface area (Å²) in [6.07, 6.45) is 5.24. The molecule has 2 aromatic carbocycles. The van der Waals surface area contributed by atoms with Crippen LogP contribution in [0.15, 0.2) is 48.5 Å². The fourth-order valence-corrected chi connectivity index (χ4v) is 4.36. The molecule has 125 valence electrons. The zero-order valence-corrected chi connectivity index (χ0v) is 14.4. The average molecular weight is 319 g/mol. The standard InChI is InChI=1S/C22H27N2/c1-2-6-18(7-3-1)17-24-14-12-19(13-15-24)21-11-10-20-8-4-5-9-22(20)23-16-21/h1-4,6-9,19,21,23H,10-17H2. The SMILES string of the molecule is [c]1ccc2c(c1)NCC(C1CCN(Cc3ccccc3)CC1)CC2. The third kappa shape index (κ3) is 3.64. The van der Waals surface area contributed by atoms with Crippen LogP contribution >= 0.6 is 0 Å². The molecule has 0 aliphatic carbocycles. The minimum absolute atomic E-state index is 0.816. The van der Waals surface area contributed by atoms with Crippen LogP contribution < -0.4 is 5.32 Å². The monoisotopic (exact) mass is 319 g/mol. The third-order valence-corrected chi connectivity index (χ3v) is 5.84. The van der Waals surface area contributed by atoms with Gasteiger partial charge >= 0.3 is 0 Å². The summed E-state index contributed by atoms with van der Waals surface area (Å²) >= 11 is 0. The minimum atomic E-state index is 0.816. The second kappa shape index (κ2) is 7.40. The number of fused-ring (bicyclic) bond motifs is 1. The Morgan fingerprint density at radius 3 is 2.67 bits per heavy atom. The molecule has 24 heavy (non-hydrogen) atoms. The predicted octanol–water partition coefficient (Wildman–Crippen LogP) is 4.37. The number of anilines is 1. The molecule has 1 fully saturated rings. The number of nitrogens with one attached hydrogen (secondary N) is 1. The number of rotatable bonds is 3. The van der Waals surface area contributed by atoms with E-state index >= 15 is 0 Å². The molecule has 1 radical (unpaired) electrons. The van der Waals surface area contributed by atoms with Crippen molar-refractivity contribution in [1.82, 2.24) is 4.90 Å². The number of nitrogens with zero attached hydrogens (tertiary/aromatic N) is 1. The molecule has 1 unspecified atom stereocenters. The van der Waals surface area contributed by atoms with E-state index in [4.69, 9.17) is 0 Å². The second-order valence-corrected chi connectivity index (χ2v) is 7.36. The fraction of sp³-hybridized carbons (Fsp3) is 0.455. The average Bonchev–Trinajstić information content (AvgIpc) is 2.86. The summed E-state index contributed by atoms with van der Waals surface area (Å²) in [4.78, 5) is 2.62. The van der Waals surface area contributed by atoms with Crippen molar-refractivity contribution in [3.05, 3.63) is 65.7 Å². The zero-order valence-electron chi connectivity index (χ0n) is 14.4. The number of hydrogen-bond donors (Lipinski definition) is 1. The Morgan fingerprint density at radius 1 is 1.00 bits per heavy atom. The summed E-state index contributed by atoms with van der Waals surface area (Å²) in [6, 6.07) is 20.5. The maximum absolute atomic E-state index is 3.68. The van der Waals surface area contributed by atoms with Gasteiger partial charge in [0.2, 0.25) is 0 Å². The molecule has 4 rings (SSSR count). The summed E-state index contributed by atoms with van der Waals surface area (Å²) in [5, 5.41) is 3.68. The highest BCUT2D eigenvalue weighted by atomic mass is 15.1. The Morgan fingerprint density at radius 2 is 1.83 bits per heavy atom. The summed E-state index contributed by atoms with van der Waals surface area (Å²) in [7, 11) is 0. The van der Waals surface area contributed by atoms with Gasteiger partial charge in [0.05, 0.1) is 0 Å². The van der Waals surface area contributed by atoms with E-state index in [1.54, 1.807) is 0 Å². The highest BCUT2D eigenvalue weighted by molar-refractivity contribution is 5.51. The third-order valence-electron chi connectivity index (χ3n) is 5.84. The lowest BCUT2D eigenvalue weighted by atomic mass is 9.81. The molecule has 0 amide bonds. The lowest BCUT2D eigenvalue weighted by Gasteiger charge is -2.36. The molecule has 2 heterocycles. The lowest BCUT2D eigenvalue weighted by Crippen LogP contribution is -2.37. The zero-order chi connectivity index (χ0) is 16.2. The molecule has 2 heteroatoms. The van der Waals surface area contributed by atoms with Gasteiger partial charge in [-0.1, -0.05) is 42.5 Å². The van der Waals surface area contributed by atoms with Crippen LogP contribution in [0.5, 0.6) is 0 Å². The van der Waals surface area contributed by atoms with Crippen molar-refractivity contribution in [2.75, 3.05) is 25.0 Å². The molecule has 1 N–H and O–H groups in total. The van der Waals surface area contributed by atoms with Gasteiger partial charge in [-0.25, -0.2) is 0 Å². The van der Waals surface area contributed by atoms with Crippen molar-refractivity contribution in [2.24, 2.45) is 11.8 Å². The van der Waals surface area contributed by atoms with Gasteiger partial charge in [0.1, 0.15) is 0 Å². The summed E-state index contributed by atoms with van der Waals surface area (Å²) < 4.78 is 0. The maximum atomic E-state index is 3.68. The molecule has 1 atom stereocenters. The van der Waals surface area contributed by atoms with Crippen LogP contribution in [0.4, 0.5) is 5.69 Å². The largest absolute Gasteiger partial charge is 0.385 e. The molecule has 0 bridgehead atoms. The van der Waals surface area contributed by atoms with Gasteiger partial charge in [0.15, 0.2) is 0 Å². The first-order chi connectivity index (χ1) is 11.9. The molecule has 1 saturated heterocycles. The van der Waals surface area contributed by atoms with Crippen LogP contribution in [-0.2, 0) is 13.0 Å². The van der Waals surface area contributed by atoms with Crippen LogP contribution in [0.2, 0.25) is 0 Å². The van der Waals surface area contributed by atoms with E-state index in [1.807, 2.05) is 6.07 Å². The van der Waals surface area contributed by atoms with E-state index in [-0.39, 0.29) is 0 Å². The van der Waals surface area contributed by atoms with Gasteiger partial charge in [-0.05, 0) is 73.9 Å². The van der Waals surface area contributed by atoms with Crippen LogP contribution in [0, 0.1) is 17.9 Å². The lowest BCUT2D eigenvalue weighted by molar-refractivity contribution is 0.141. The molecule has 2 aromatic rings. The Bertz CT molecular complexity index is 617. The molecule has 0 aromatic heterocycles. The molecular weight excluding hydrogens is 292 g/mol. The Hall–Kier alpha value is -1.80. The van der Waals surface area contributed by atoms with Gasteiger partial charge in [0.25, 0.3) is 0 Å². The van der Waals surface area contributed by atoms with Crippen LogP contribution in [0.3, 0.4) is 0 Å². The molecular formula is C22H27N2. The quantitative estimate of drug-likeness (QED) is 0.903. The van der Waals surface area contributed by atoms with Crippen molar-refractivity contribution in [1.29, 1.82) is 0 Å². The van der Waals surface area contributed by atoms with Gasteiger partial charge in [-0.2, -0.15) is 0 Å². The Kier molecular flexibility index (Phi) is 4.84. The van der Waals surface area contributed by atoms with E-state index in [1.165, 1.54) is 55.6 Å². The van der Waals surface area contributed by atoms with Gasteiger partial charge < -0.3 is 5.32 Å². The Labute approximate surface area is 145 Å². The maximum Gasteiger partial charge on any atom is 0.0379 e. The van der Waals surface area contributed by atoms with Gasteiger partial charge in [-0.3, -0.25) is 4.90 Å². The van der Waals surface area contributed by atoms with Gasteiger partial charge in [0, 0.05) is 18.8 Å². The number of likely N-dealkylation sites (tertiary alicyclic amines) is 1. The van der Waals surface area contributed by atoms with E-state index in [9.17, 15) is 0 Å². The van der Waals surface area contributed by atoms with Crippen LogP contribution in [-0.4, -0.2) is 24.5 Å². The first kappa shape index (κ1) is 15.7. The highest BCUT2D eigenvalue weighted by Crippen LogP contribution is 2.32. The van der Waals surface area contributed by atoms with E-state index in [0.29, 0.717) is 0 Å². The number of piperidine rings is 1. The molecule has 0 saturated carbocycles. The van der Waals surface area contributed by atoms with Crippen molar-refractivity contribution >= 4 is 5.69 Å². The smallest absolute Gasteiger partial charge is 0.0379 e. The molecule has 2 aliphatic rings. The topological polar surface area (TPSA) is 15.3 Å². The number of aryl methyl sites for hydroxylation is 1. The first-order valence-corrected chi connectivity index (χ1v) is 9.37. The fourth-order valence-electron chi connectivity index (χ4n) is 4.36. The predicted molar refractivity (Wildman–Crippen MR) is 100 cm³/mol. The summed E-state index contributed by atoms with van der Waals surface area (Å²) in [5.74, 6) is 1.69. The van der Waals surface area contributed by atoms with Gasteiger partial charge in [-0.15, -0.1) is 0 Å². The van der Waals surface area contributed by atoms with Crippen molar-refractivity contribution in [3.63, 3.8) is 0 Å². The van der Waals surface area contributed by atoms with Crippen LogP contribution in [0.1, 0.15) is 30.4 Å². The molecule has 2 aliphatic heterocycles. The number of benzene rings is 2. The van der Waals surface area contributed by atoms with E-state index in [0.717, 1.165) is 24.9 Å².